The van der Waals surface area contributed by atoms with E-state index >= 15 is 0 Å². The summed E-state index contributed by atoms with van der Waals surface area (Å²) in [7, 11) is 0. The molecule has 1 aromatic heterocycles. The van der Waals surface area contributed by atoms with Crippen molar-refractivity contribution >= 4 is 5.91 Å². The molecule has 114 valence electrons. The van der Waals surface area contributed by atoms with Crippen LogP contribution in [0.2, 0.25) is 0 Å². The Balaban J connectivity index is 2.39. The van der Waals surface area contributed by atoms with Gasteiger partial charge in [0.25, 0.3) is 0 Å². The van der Waals surface area contributed by atoms with Crippen LogP contribution in [0.5, 0.6) is 0 Å². The van der Waals surface area contributed by atoms with Crippen LogP contribution in [0.3, 0.4) is 0 Å². The van der Waals surface area contributed by atoms with Crippen LogP contribution < -0.4 is 5.32 Å². The SMILES string of the molecule is C=CCc1nc(CNC(=O)C(=C)C)n(-c2ccccc2)c1C. The lowest BCUT2D eigenvalue weighted by atomic mass is 10.2. The number of hydrogen-bond donors (Lipinski definition) is 1. The van der Waals surface area contributed by atoms with Crippen molar-refractivity contribution in [2.45, 2.75) is 26.8 Å². The molecule has 0 aliphatic carbocycles. The first kappa shape index (κ1) is 15.8. The van der Waals surface area contributed by atoms with E-state index in [2.05, 4.69) is 28.0 Å². The van der Waals surface area contributed by atoms with Crippen LogP contribution in [0.25, 0.3) is 5.69 Å². The number of amides is 1. The zero-order valence-corrected chi connectivity index (χ0v) is 13.1. The number of carbonyl (C=O) groups excluding carboxylic acids is 1. The smallest absolute Gasteiger partial charge is 0.246 e. The fourth-order valence-electron chi connectivity index (χ4n) is 2.29. The van der Waals surface area contributed by atoms with Crippen LogP contribution >= 0.6 is 0 Å². The van der Waals surface area contributed by atoms with E-state index < -0.39 is 0 Å². The topological polar surface area (TPSA) is 46.9 Å². The highest BCUT2D eigenvalue weighted by atomic mass is 16.1. The molecule has 2 rings (SSSR count). The Kier molecular flexibility index (Phi) is 4.94. The maximum atomic E-state index is 11.7. The number of benzene rings is 1. The molecule has 1 N–H and O–H groups in total. The van der Waals surface area contributed by atoms with E-state index in [4.69, 9.17) is 0 Å². The van der Waals surface area contributed by atoms with Gasteiger partial charge in [0.15, 0.2) is 0 Å². The molecule has 0 saturated carbocycles. The lowest BCUT2D eigenvalue weighted by molar-refractivity contribution is -0.117. The molecule has 1 amide bonds. The minimum absolute atomic E-state index is 0.162. The van der Waals surface area contributed by atoms with Gasteiger partial charge in [-0.2, -0.15) is 0 Å². The third-order valence-electron chi connectivity index (χ3n) is 3.42. The van der Waals surface area contributed by atoms with Gasteiger partial charge >= 0.3 is 0 Å². The predicted molar refractivity (Wildman–Crippen MR) is 88.9 cm³/mol. The Morgan fingerprint density at radius 1 is 1.36 bits per heavy atom. The van der Waals surface area contributed by atoms with Gasteiger partial charge in [0.2, 0.25) is 5.91 Å². The summed E-state index contributed by atoms with van der Waals surface area (Å²) in [4.78, 5) is 16.4. The summed E-state index contributed by atoms with van der Waals surface area (Å²) in [5.41, 5.74) is 3.55. The Hall–Kier alpha value is -2.62. The molecule has 1 aromatic carbocycles. The molecule has 0 bridgehead atoms. The fraction of sp³-hybridized carbons (Fsp3) is 0.222. The van der Waals surface area contributed by atoms with Crippen molar-refractivity contribution in [3.63, 3.8) is 0 Å². The predicted octanol–water partition coefficient (Wildman–Crippen LogP) is 3.10. The number of nitrogens with one attached hydrogen (secondary N) is 1. The highest BCUT2D eigenvalue weighted by molar-refractivity contribution is 5.91. The fourth-order valence-corrected chi connectivity index (χ4v) is 2.29. The molecule has 0 radical (unpaired) electrons. The molecule has 0 spiro atoms. The highest BCUT2D eigenvalue weighted by Gasteiger charge is 2.15. The van der Waals surface area contributed by atoms with Crippen molar-refractivity contribution in [1.29, 1.82) is 0 Å². The van der Waals surface area contributed by atoms with Gasteiger partial charge in [-0.1, -0.05) is 30.9 Å². The molecule has 22 heavy (non-hydrogen) atoms. The first-order valence-corrected chi connectivity index (χ1v) is 7.21. The van der Waals surface area contributed by atoms with Gasteiger partial charge in [-0.25, -0.2) is 4.98 Å². The molecule has 4 nitrogen and oxygen atoms in total. The van der Waals surface area contributed by atoms with Crippen molar-refractivity contribution < 1.29 is 4.79 Å². The van der Waals surface area contributed by atoms with Crippen LogP contribution in [0.15, 0.2) is 55.1 Å². The number of carbonyl (C=O) groups is 1. The van der Waals surface area contributed by atoms with Crippen LogP contribution in [0, 0.1) is 6.92 Å². The Bertz CT molecular complexity index is 699. The van der Waals surface area contributed by atoms with Gasteiger partial charge in [0, 0.05) is 23.4 Å². The van der Waals surface area contributed by atoms with Gasteiger partial charge in [-0.3, -0.25) is 9.36 Å². The molecular weight excluding hydrogens is 274 g/mol. The number of hydrogen-bond acceptors (Lipinski definition) is 2. The summed E-state index contributed by atoms with van der Waals surface area (Å²) >= 11 is 0. The van der Waals surface area contributed by atoms with E-state index in [-0.39, 0.29) is 5.91 Å². The second-order valence-electron chi connectivity index (χ2n) is 5.19. The summed E-state index contributed by atoms with van der Waals surface area (Å²) in [5, 5.41) is 2.84. The first-order chi connectivity index (χ1) is 10.5. The van der Waals surface area contributed by atoms with Crippen LogP contribution in [-0.2, 0) is 17.8 Å². The second-order valence-corrected chi connectivity index (χ2v) is 5.19. The molecule has 0 unspecified atom stereocenters. The quantitative estimate of drug-likeness (QED) is 0.657. The zero-order chi connectivity index (χ0) is 16.1. The van der Waals surface area contributed by atoms with E-state index in [1.54, 1.807) is 6.92 Å². The van der Waals surface area contributed by atoms with Gasteiger partial charge in [-0.05, 0) is 26.0 Å². The minimum atomic E-state index is -0.162. The van der Waals surface area contributed by atoms with E-state index in [1.165, 1.54) is 0 Å². The molecule has 4 heteroatoms. The van der Waals surface area contributed by atoms with Gasteiger partial charge in [-0.15, -0.1) is 6.58 Å². The monoisotopic (exact) mass is 295 g/mol. The maximum absolute atomic E-state index is 11.7. The maximum Gasteiger partial charge on any atom is 0.246 e. The van der Waals surface area contributed by atoms with Crippen molar-refractivity contribution in [2.24, 2.45) is 0 Å². The van der Waals surface area contributed by atoms with Crippen molar-refractivity contribution in [3.05, 3.63) is 72.4 Å². The average molecular weight is 295 g/mol. The summed E-state index contributed by atoms with van der Waals surface area (Å²) in [6.45, 7) is 11.5. The first-order valence-electron chi connectivity index (χ1n) is 7.21. The molecule has 0 fully saturated rings. The van der Waals surface area contributed by atoms with Crippen molar-refractivity contribution in [1.82, 2.24) is 14.9 Å². The molecule has 2 aromatic rings. The van der Waals surface area contributed by atoms with E-state index in [0.29, 0.717) is 18.5 Å². The van der Waals surface area contributed by atoms with Crippen LogP contribution in [0.1, 0.15) is 24.1 Å². The highest BCUT2D eigenvalue weighted by Crippen LogP contribution is 2.18. The molecular formula is C18H21N3O. The third kappa shape index (κ3) is 3.34. The van der Waals surface area contributed by atoms with Gasteiger partial charge in [0.05, 0.1) is 12.2 Å². The summed E-state index contributed by atoms with van der Waals surface area (Å²) in [5.74, 6) is 0.640. The Morgan fingerprint density at radius 3 is 2.64 bits per heavy atom. The summed E-state index contributed by atoms with van der Waals surface area (Å²) in [6, 6.07) is 9.99. The Labute approximate surface area is 131 Å². The Morgan fingerprint density at radius 2 is 2.05 bits per heavy atom. The molecule has 0 aliphatic rings. The summed E-state index contributed by atoms with van der Waals surface area (Å²) in [6.07, 6.45) is 2.54. The number of allylic oxidation sites excluding steroid dienone is 1. The van der Waals surface area contributed by atoms with Crippen LogP contribution in [-0.4, -0.2) is 15.5 Å². The van der Waals surface area contributed by atoms with E-state index in [1.807, 2.05) is 43.3 Å². The lowest BCUT2D eigenvalue weighted by Gasteiger charge is -2.11. The molecule has 0 aliphatic heterocycles. The largest absolute Gasteiger partial charge is 0.345 e. The van der Waals surface area contributed by atoms with Crippen molar-refractivity contribution in [3.8, 4) is 5.69 Å². The number of para-hydroxylation sites is 1. The van der Waals surface area contributed by atoms with Gasteiger partial charge in [0.1, 0.15) is 5.82 Å². The molecule has 0 atom stereocenters. The second kappa shape index (κ2) is 6.89. The summed E-state index contributed by atoms with van der Waals surface area (Å²) < 4.78 is 2.07. The van der Waals surface area contributed by atoms with Gasteiger partial charge < -0.3 is 5.32 Å². The zero-order valence-electron chi connectivity index (χ0n) is 13.1. The molecule has 0 saturated heterocycles. The number of aromatic nitrogens is 2. The number of imidazole rings is 1. The normalized spacial score (nSPS) is 10.3. The lowest BCUT2D eigenvalue weighted by Crippen LogP contribution is -2.24. The van der Waals surface area contributed by atoms with E-state index in [0.717, 1.165) is 22.9 Å². The van der Waals surface area contributed by atoms with Crippen LogP contribution in [0.4, 0.5) is 0 Å². The number of rotatable bonds is 6. The third-order valence-corrected chi connectivity index (χ3v) is 3.42. The molecule has 1 heterocycles. The minimum Gasteiger partial charge on any atom is -0.345 e. The number of nitrogens with zero attached hydrogens (tertiary/aromatic N) is 2. The van der Waals surface area contributed by atoms with E-state index in [9.17, 15) is 4.79 Å². The average Bonchev–Trinajstić information content (AvgIpc) is 2.82. The standard InChI is InChI=1S/C18H21N3O/c1-5-9-16-14(4)21(15-10-7-6-8-11-15)17(20-16)12-19-18(22)13(2)3/h5-8,10-11H,1-2,9,12H2,3-4H3,(H,19,22). The van der Waals surface area contributed by atoms with Crippen molar-refractivity contribution in [2.75, 3.05) is 0 Å².